The number of aliphatic hydroxyl groups excluding tert-OH is 5. The minimum Gasteiger partial charge on any atom is -0.480 e. The molecule has 69 heavy (non-hydrogen) atoms. The summed E-state index contributed by atoms with van der Waals surface area (Å²) in [6, 6.07) is -4.31. The van der Waals surface area contributed by atoms with E-state index in [-0.39, 0.29) is 19.3 Å². The lowest BCUT2D eigenvalue weighted by Gasteiger charge is -2.44. The van der Waals surface area contributed by atoms with E-state index in [4.69, 9.17) is 9.47 Å². The zero-order valence-corrected chi connectivity index (χ0v) is 43.2. The molecule has 0 unspecified atom stereocenters. The van der Waals surface area contributed by atoms with E-state index in [9.17, 15) is 54.6 Å². The molecule has 1 heterocycles. The summed E-state index contributed by atoms with van der Waals surface area (Å²) in [5, 5.41) is 71.1. The van der Waals surface area contributed by atoms with Crippen molar-refractivity contribution >= 4 is 29.7 Å². The molecule has 9 atom stereocenters. The van der Waals surface area contributed by atoms with Gasteiger partial charge in [-0.15, -0.1) is 0 Å². The van der Waals surface area contributed by atoms with Crippen molar-refractivity contribution in [1.82, 2.24) is 16.0 Å². The maximum absolute atomic E-state index is 13.5. The number of hydrogen-bond donors (Lipinski definition) is 9. The molecule has 0 aromatic heterocycles. The van der Waals surface area contributed by atoms with Crippen molar-refractivity contribution in [2.75, 3.05) is 6.61 Å². The smallest absolute Gasteiger partial charge is 0.326 e. The molecule has 0 aromatic carbocycles. The highest BCUT2D eigenvalue weighted by atomic mass is 16.7. The highest BCUT2D eigenvalue weighted by molar-refractivity contribution is 5.84. The quantitative estimate of drug-likeness (QED) is 0.0208. The van der Waals surface area contributed by atoms with Crippen LogP contribution < -0.4 is 16.0 Å². The van der Waals surface area contributed by atoms with Crippen molar-refractivity contribution < 1.29 is 64.1 Å². The molecule has 0 aromatic rings. The van der Waals surface area contributed by atoms with E-state index in [2.05, 4.69) is 36.7 Å². The Morgan fingerprint density at radius 2 is 0.855 bits per heavy atom. The van der Waals surface area contributed by atoms with Gasteiger partial charge in [-0.2, -0.15) is 0 Å². The molecule has 1 aliphatic heterocycles. The van der Waals surface area contributed by atoms with E-state index >= 15 is 0 Å². The second-order valence-corrected chi connectivity index (χ2v) is 19.8. The van der Waals surface area contributed by atoms with Gasteiger partial charge in [0.1, 0.15) is 24.3 Å². The van der Waals surface area contributed by atoms with E-state index in [1.807, 2.05) is 0 Å². The zero-order valence-electron chi connectivity index (χ0n) is 43.2. The van der Waals surface area contributed by atoms with Gasteiger partial charge in [0.25, 0.3) is 0 Å². The number of carbonyl (C=O) groups is 5. The Bertz CT molecular complexity index is 1340. The Morgan fingerprint density at radius 3 is 1.22 bits per heavy atom. The summed E-state index contributed by atoms with van der Waals surface area (Å²) in [7, 11) is 0. The number of ether oxygens (including phenoxy) is 2. The van der Waals surface area contributed by atoms with Crippen LogP contribution in [0.2, 0.25) is 0 Å². The van der Waals surface area contributed by atoms with Gasteiger partial charge < -0.3 is 56.1 Å². The van der Waals surface area contributed by atoms with E-state index in [0.717, 1.165) is 70.6 Å². The lowest BCUT2D eigenvalue weighted by atomic mass is 9.93. The van der Waals surface area contributed by atoms with Gasteiger partial charge in [-0.1, -0.05) is 194 Å². The van der Waals surface area contributed by atoms with Gasteiger partial charge >= 0.3 is 11.9 Å². The van der Waals surface area contributed by atoms with Crippen LogP contribution in [0.4, 0.5) is 0 Å². The Labute approximate surface area is 415 Å². The first-order valence-electron chi connectivity index (χ1n) is 27.5. The number of unbranched alkanes of at least 4 members (excludes halogenated alkanes) is 24. The summed E-state index contributed by atoms with van der Waals surface area (Å²) in [6.07, 6.45) is 21.2. The molecule has 1 aliphatic rings. The molecule has 0 bridgehead atoms. The summed E-state index contributed by atoms with van der Waals surface area (Å²) < 4.78 is 11.4. The molecule has 16 heteroatoms. The first kappa shape index (κ1) is 64.1. The fourth-order valence-corrected chi connectivity index (χ4v) is 9.01. The zero-order chi connectivity index (χ0) is 51.1. The van der Waals surface area contributed by atoms with Crippen LogP contribution in [0.5, 0.6) is 0 Å². The molecule has 3 amide bonds. The standard InChI is InChI=1S/C53H99N3O13/c1-4-7-10-13-16-19-22-25-28-31-40(58)36-45(61)54-43(52(66)67)34-35-48(64)69-53-50(56-47(63)38-42(60)33-30-27-24-21-18-15-12-9-6-3)49(51(65)44(39-57)68-53)55-46(62)37-41(59)32-29-26-23-20-17-14-11-8-5-2/h40-44,49-51,53,57-60,65H,4-39H2,1-3H3,(H,54,61)(H,55,62)(H,56,63)(H,66,67)/t40-,41-,42-,43+,44-,49-,50-,51-,53-/m1/s1. The molecule has 1 rings (SSSR count). The Morgan fingerprint density at radius 1 is 0.507 bits per heavy atom. The van der Waals surface area contributed by atoms with E-state index in [1.165, 1.54) is 96.3 Å². The first-order chi connectivity index (χ1) is 33.3. The van der Waals surface area contributed by atoms with Crippen LogP contribution in [-0.4, -0.2) is 122 Å². The van der Waals surface area contributed by atoms with Gasteiger partial charge in [0.15, 0.2) is 0 Å². The monoisotopic (exact) mass is 986 g/mol. The molecule has 9 N–H and O–H groups in total. The van der Waals surface area contributed by atoms with E-state index < -0.39 is 104 Å². The average Bonchev–Trinajstić information content (AvgIpc) is 3.30. The van der Waals surface area contributed by atoms with Crippen molar-refractivity contribution in [2.45, 2.75) is 300 Å². The second kappa shape index (κ2) is 41.7. The Balaban J connectivity index is 2.94. The van der Waals surface area contributed by atoms with Crippen LogP contribution in [0.1, 0.15) is 245 Å². The van der Waals surface area contributed by atoms with Crippen molar-refractivity contribution in [2.24, 2.45) is 0 Å². The van der Waals surface area contributed by atoms with Gasteiger partial charge in [0, 0.05) is 6.42 Å². The summed E-state index contributed by atoms with van der Waals surface area (Å²) in [4.78, 5) is 65.1. The number of carboxylic acid groups (broad SMARTS) is 1. The van der Waals surface area contributed by atoms with Crippen LogP contribution >= 0.6 is 0 Å². The fraction of sp³-hybridized carbons (Fsp3) is 0.906. The van der Waals surface area contributed by atoms with Crippen molar-refractivity contribution in [3.05, 3.63) is 0 Å². The van der Waals surface area contributed by atoms with E-state index in [1.54, 1.807) is 0 Å². The Kier molecular flexibility index (Phi) is 38.8. The molecule has 0 saturated carbocycles. The van der Waals surface area contributed by atoms with Crippen molar-refractivity contribution in [1.29, 1.82) is 0 Å². The number of amides is 3. The topological polar surface area (TPSA) is 261 Å². The van der Waals surface area contributed by atoms with Gasteiger partial charge in [-0.25, -0.2) is 4.79 Å². The van der Waals surface area contributed by atoms with Crippen molar-refractivity contribution in [3.8, 4) is 0 Å². The predicted octanol–water partition coefficient (Wildman–Crippen LogP) is 7.94. The molecule has 0 radical (unpaired) electrons. The van der Waals surface area contributed by atoms with Crippen LogP contribution in [-0.2, 0) is 33.4 Å². The average molecular weight is 986 g/mol. The Hall–Kier alpha value is -2.89. The normalized spacial score (nSPS) is 19.9. The molecular weight excluding hydrogens is 887 g/mol. The lowest BCUT2D eigenvalue weighted by molar-refractivity contribution is -0.245. The SMILES string of the molecule is CCCCCCCCCCC[C@@H](O)CC(=O)N[C@H]1[C@@H](OC(=O)CC[C@H](NC(=O)C[C@H](O)CCCCCCCCCCC)C(=O)O)O[C@H](CO)[C@@H](O)[C@@H]1NC(=O)C[C@H](O)CCCCCCCCCCC. The highest BCUT2D eigenvalue weighted by Crippen LogP contribution is 2.25. The number of rotatable bonds is 45. The third-order valence-electron chi connectivity index (χ3n) is 13.3. The third kappa shape index (κ3) is 32.7. The number of esters is 1. The van der Waals surface area contributed by atoms with Gasteiger partial charge in [-0.05, 0) is 25.7 Å². The van der Waals surface area contributed by atoms with Crippen LogP contribution in [0.25, 0.3) is 0 Å². The summed E-state index contributed by atoms with van der Waals surface area (Å²) in [5.74, 6) is -4.43. The first-order valence-corrected chi connectivity index (χ1v) is 27.5. The third-order valence-corrected chi connectivity index (χ3v) is 13.3. The largest absolute Gasteiger partial charge is 0.480 e. The number of aliphatic hydroxyl groups is 5. The van der Waals surface area contributed by atoms with Crippen LogP contribution in [0, 0.1) is 0 Å². The summed E-state index contributed by atoms with van der Waals surface area (Å²) in [6.45, 7) is 5.78. The molecule has 404 valence electrons. The molecule has 0 aliphatic carbocycles. The maximum Gasteiger partial charge on any atom is 0.326 e. The number of hydrogen-bond acceptors (Lipinski definition) is 12. The number of nitrogens with one attached hydrogen (secondary N) is 3. The number of carboxylic acids is 1. The van der Waals surface area contributed by atoms with E-state index in [0.29, 0.717) is 25.7 Å². The lowest BCUT2D eigenvalue weighted by Crippen LogP contribution is -2.70. The predicted molar refractivity (Wildman–Crippen MR) is 268 cm³/mol. The van der Waals surface area contributed by atoms with Gasteiger partial charge in [0.05, 0.1) is 50.2 Å². The summed E-state index contributed by atoms with van der Waals surface area (Å²) in [5.41, 5.74) is 0. The molecule has 1 fully saturated rings. The number of aliphatic carboxylic acids is 1. The molecule has 0 spiro atoms. The second-order valence-electron chi connectivity index (χ2n) is 19.8. The van der Waals surface area contributed by atoms with Crippen LogP contribution in [0.3, 0.4) is 0 Å². The molecule has 1 saturated heterocycles. The highest BCUT2D eigenvalue weighted by Gasteiger charge is 2.48. The van der Waals surface area contributed by atoms with Gasteiger partial charge in [0.2, 0.25) is 24.0 Å². The van der Waals surface area contributed by atoms with Crippen LogP contribution in [0.15, 0.2) is 0 Å². The molecule has 16 nitrogen and oxygen atoms in total. The van der Waals surface area contributed by atoms with Gasteiger partial charge in [-0.3, -0.25) is 19.2 Å². The minimum absolute atomic E-state index is 0.301. The van der Waals surface area contributed by atoms with Crippen molar-refractivity contribution in [3.63, 3.8) is 0 Å². The molecular formula is C53H99N3O13. The fourth-order valence-electron chi connectivity index (χ4n) is 9.01. The summed E-state index contributed by atoms with van der Waals surface area (Å²) >= 11 is 0. The minimum atomic E-state index is -1.69. The number of carbonyl (C=O) groups excluding carboxylic acids is 4. The maximum atomic E-state index is 13.5.